The third-order valence-corrected chi connectivity index (χ3v) is 1.20. The monoisotopic (exact) mass is 255 g/mol. The molecular formula is C7H13NaO8. The Labute approximate surface area is 123 Å². The van der Waals surface area contributed by atoms with Gasteiger partial charge in [-0.25, -0.2) is 0 Å². The van der Waals surface area contributed by atoms with Gasteiger partial charge in [-0.15, -0.1) is 0 Å². The molecule has 0 unspecified atom stereocenters. The molecule has 0 aliphatic carbocycles. The predicted molar refractivity (Wildman–Crippen MR) is 42.1 cm³/mol. The van der Waals surface area contributed by atoms with Gasteiger partial charge >= 0.3 is 29.6 Å². The first-order valence-corrected chi connectivity index (χ1v) is 3.25. The van der Waals surface area contributed by atoms with Gasteiger partial charge in [0.05, 0.1) is 22.1 Å². The van der Waals surface area contributed by atoms with E-state index in [1.54, 1.807) is 0 Å². The fraction of sp³-hybridized carbons (Fsp3) is 0.857. The molecule has 9 heteroatoms. The number of aliphatic carboxylic acids is 1. The van der Waals surface area contributed by atoms with E-state index in [4.69, 9.17) is 19.8 Å². The van der Waals surface area contributed by atoms with Crippen LogP contribution in [0.2, 0.25) is 0 Å². The van der Waals surface area contributed by atoms with Crippen LogP contribution in [-0.4, -0.2) is 73.6 Å². The van der Waals surface area contributed by atoms with Crippen LogP contribution in [0.25, 0.3) is 0 Å². The maximum absolute atomic E-state index is 10.5. The normalized spacial score (nSPS) is 37.2. The van der Waals surface area contributed by atoms with Gasteiger partial charge < -0.3 is 40.5 Å². The Morgan fingerprint density at radius 2 is 1.62 bits per heavy atom. The summed E-state index contributed by atoms with van der Waals surface area (Å²) in [5, 5.41) is 66.1. The van der Waals surface area contributed by atoms with Gasteiger partial charge in [-0.2, -0.15) is 0 Å². The minimum Gasteiger partial charge on any atom is -0.547 e. The molecule has 0 radical (unpaired) electrons. The summed E-state index contributed by atoms with van der Waals surface area (Å²) in [6, 6.07) is 0. The van der Waals surface area contributed by atoms with Gasteiger partial charge in [0.25, 0.3) is 0 Å². The first-order valence-electron chi connectivity index (χ1n) is 6.75. The standard InChI is InChI=1S/C7H14O8.Na/c8-1-2(9)3(10)4(11)5(12)6(13)7(14)15;/h2-6,8-13H,1H2,(H,14,15);/q;+1/p-1/t2-,3-,4+,5-,6-;/m1./s1/i1D2,2D,3D,4D,5D,6D;. The number of aliphatic hydroxyl groups is 6. The van der Waals surface area contributed by atoms with E-state index in [1.165, 1.54) is 0 Å². The molecule has 0 aliphatic rings. The summed E-state index contributed by atoms with van der Waals surface area (Å²) in [5.41, 5.74) is 0. The van der Waals surface area contributed by atoms with Gasteiger partial charge in [0.2, 0.25) is 0 Å². The molecule has 8 nitrogen and oxygen atoms in total. The van der Waals surface area contributed by atoms with Crippen LogP contribution in [0.15, 0.2) is 0 Å². The number of hydrogen-bond acceptors (Lipinski definition) is 8. The summed E-state index contributed by atoms with van der Waals surface area (Å²) in [6.45, 7) is -4.23. The van der Waals surface area contributed by atoms with Crippen LogP contribution >= 0.6 is 0 Å². The third-order valence-electron chi connectivity index (χ3n) is 1.20. The van der Waals surface area contributed by atoms with Crippen molar-refractivity contribution in [1.82, 2.24) is 0 Å². The van der Waals surface area contributed by atoms with Crippen LogP contribution in [-0.2, 0) is 4.79 Å². The van der Waals surface area contributed by atoms with Crippen molar-refractivity contribution in [1.29, 1.82) is 0 Å². The van der Waals surface area contributed by atoms with Crippen molar-refractivity contribution in [2.24, 2.45) is 0 Å². The molecule has 0 saturated heterocycles. The average Bonchev–Trinajstić information content (AvgIpc) is 2.25. The minimum atomic E-state index is -4.80. The Morgan fingerprint density at radius 1 is 1.19 bits per heavy atom. The second-order valence-electron chi connectivity index (χ2n) is 2.14. The van der Waals surface area contributed by atoms with Crippen molar-refractivity contribution in [3.63, 3.8) is 0 Å². The molecule has 0 rings (SSSR count). The molecule has 6 N–H and O–H groups in total. The van der Waals surface area contributed by atoms with Crippen LogP contribution < -0.4 is 34.7 Å². The maximum atomic E-state index is 10.5. The topological polar surface area (TPSA) is 162 Å². The van der Waals surface area contributed by atoms with Gasteiger partial charge in [0, 0.05) is 0 Å². The smallest absolute Gasteiger partial charge is 0.547 e. The number of carbonyl (C=O) groups is 1. The molecule has 0 aromatic rings. The first kappa shape index (κ1) is 8.35. The largest absolute Gasteiger partial charge is 1.00 e. The van der Waals surface area contributed by atoms with E-state index in [1.807, 2.05) is 0 Å². The molecule has 16 heavy (non-hydrogen) atoms. The quantitative estimate of drug-likeness (QED) is 0.255. The Bertz CT molecular complexity index is 460. The van der Waals surface area contributed by atoms with Crippen LogP contribution in [0.5, 0.6) is 0 Å². The van der Waals surface area contributed by atoms with Crippen molar-refractivity contribution in [2.45, 2.75) is 30.4 Å². The summed E-state index contributed by atoms with van der Waals surface area (Å²) in [5.74, 6) is -2.97. The molecule has 90 valence electrons. The molecule has 0 aromatic carbocycles. The zero-order valence-electron chi connectivity index (χ0n) is 15.0. The molecule has 0 saturated carbocycles. The number of hydrogen-bond donors (Lipinski definition) is 6. The number of carboxylic acids is 1. The second kappa shape index (κ2) is 8.34. The minimum absolute atomic E-state index is 0. The fourth-order valence-corrected chi connectivity index (χ4v) is 0.486. The van der Waals surface area contributed by atoms with Gasteiger partial charge in [-0.3, -0.25) is 0 Å². The van der Waals surface area contributed by atoms with Crippen molar-refractivity contribution in [3.05, 3.63) is 0 Å². The molecule has 0 amide bonds. The third kappa shape index (κ3) is 5.04. The number of rotatable bonds is 6. The summed E-state index contributed by atoms with van der Waals surface area (Å²) >= 11 is 0. The molecule has 5 atom stereocenters. The molecule has 0 fully saturated rings. The van der Waals surface area contributed by atoms with E-state index in [2.05, 4.69) is 0 Å². The zero-order chi connectivity index (χ0) is 18.6. The SMILES string of the molecule is [2H]C([2H])(O)[C@@]([2H])(O)[C@@]([2H])(O)[C@]([2H])(O)[C@@]([2H])(O)[C@@]([2H])(O)C(=O)[O-].[Na+]. The Balaban J connectivity index is 0. The van der Waals surface area contributed by atoms with Gasteiger partial charge in [-0.05, 0) is 0 Å². The maximum Gasteiger partial charge on any atom is 1.00 e. The summed E-state index contributed by atoms with van der Waals surface area (Å²) in [4.78, 5) is 10.5. The van der Waals surface area contributed by atoms with Crippen molar-refractivity contribution < 1.29 is 79.7 Å². The van der Waals surface area contributed by atoms with Crippen molar-refractivity contribution >= 4 is 5.97 Å². The van der Waals surface area contributed by atoms with Gasteiger partial charge in [0.15, 0.2) is 0 Å². The average molecular weight is 255 g/mol. The van der Waals surface area contributed by atoms with E-state index in [9.17, 15) is 30.3 Å². The summed E-state index contributed by atoms with van der Waals surface area (Å²) in [6.07, 6.45) is -23.4. The van der Waals surface area contributed by atoms with Gasteiger partial charge in [-0.1, -0.05) is 0 Å². The molecule has 0 aromatic heterocycles. The van der Waals surface area contributed by atoms with Crippen LogP contribution in [0, 0.1) is 0 Å². The number of carboxylic acid groups (broad SMARTS) is 1. The van der Waals surface area contributed by atoms with Crippen LogP contribution in [0.4, 0.5) is 0 Å². The summed E-state index contributed by atoms with van der Waals surface area (Å²) < 4.78 is 48.1. The first-order chi connectivity index (χ1) is 9.19. The van der Waals surface area contributed by atoms with Crippen LogP contribution in [0.1, 0.15) is 9.60 Å². The van der Waals surface area contributed by atoms with E-state index in [0.717, 1.165) is 0 Å². The van der Waals surface area contributed by atoms with Crippen molar-refractivity contribution in [2.75, 3.05) is 6.56 Å². The van der Waals surface area contributed by atoms with Crippen LogP contribution in [0.3, 0.4) is 0 Å². The van der Waals surface area contributed by atoms with E-state index < -0.39 is 42.9 Å². The van der Waals surface area contributed by atoms with Gasteiger partial charge in [0.1, 0.15) is 30.4 Å². The Kier molecular flexibility index (Phi) is 4.35. The molecule has 0 spiro atoms. The second-order valence-corrected chi connectivity index (χ2v) is 2.14. The zero-order valence-corrected chi connectivity index (χ0v) is 10.00. The van der Waals surface area contributed by atoms with E-state index >= 15 is 0 Å². The number of carbonyl (C=O) groups excluding carboxylic acids is 1. The molecular weight excluding hydrogens is 235 g/mol. The molecule has 0 bridgehead atoms. The Morgan fingerprint density at radius 3 is 1.94 bits per heavy atom. The molecule has 0 heterocycles. The molecule has 0 aliphatic heterocycles. The fourth-order valence-electron chi connectivity index (χ4n) is 0.486. The Hall–Kier alpha value is 0.230. The predicted octanol–water partition coefficient (Wildman–Crippen LogP) is -8.46. The summed E-state index contributed by atoms with van der Waals surface area (Å²) in [7, 11) is 0. The van der Waals surface area contributed by atoms with E-state index in [-0.39, 0.29) is 29.6 Å². The van der Waals surface area contributed by atoms with E-state index in [0.29, 0.717) is 0 Å². The van der Waals surface area contributed by atoms with Crippen molar-refractivity contribution in [3.8, 4) is 0 Å².